The zero-order valence-electron chi connectivity index (χ0n) is 13.7. The van der Waals surface area contributed by atoms with Gasteiger partial charge < -0.3 is 15.1 Å². The van der Waals surface area contributed by atoms with Gasteiger partial charge in [0, 0.05) is 25.2 Å². The van der Waals surface area contributed by atoms with E-state index in [9.17, 15) is 9.59 Å². The van der Waals surface area contributed by atoms with Crippen LogP contribution in [0.3, 0.4) is 0 Å². The van der Waals surface area contributed by atoms with Gasteiger partial charge in [0.15, 0.2) is 11.4 Å². The third-order valence-electron chi connectivity index (χ3n) is 5.65. The van der Waals surface area contributed by atoms with E-state index in [1.807, 2.05) is 7.05 Å². The fourth-order valence-electron chi connectivity index (χ4n) is 4.19. The van der Waals surface area contributed by atoms with Gasteiger partial charge in [-0.05, 0) is 31.6 Å². The number of hydrogen-bond acceptors (Lipinski definition) is 4. The Morgan fingerprint density at radius 1 is 1.43 bits per heavy atom. The largest absolute Gasteiger partial charge is 0.487 e. The van der Waals surface area contributed by atoms with E-state index < -0.39 is 0 Å². The van der Waals surface area contributed by atoms with Gasteiger partial charge in [0.25, 0.3) is 5.91 Å². The number of aromatic nitrogens is 1. The molecular weight excluding hydrogens is 294 g/mol. The lowest BCUT2D eigenvalue weighted by molar-refractivity contribution is 0.0466. The summed E-state index contributed by atoms with van der Waals surface area (Å²) in [5.74, 6) is 1.30. The Kier molecular flexibility index (Phi) is 3.18. The van der Waals surface area contributed by atoms with Crippen LogP contribution in [0.2, 0.25) is 0 Å². The minimum Gasteiger partial charge on any atom is -0.487 e. The van der Waals surface area contributed by atoms with E-state index in [1.54, 1.807) is 15.8 Å². The molecule has 0 saturated heterocycles. The van der Waals surface area contributed by atoms with Crippen LogP contribution < -0.4 is 15.6 Å². The number of amides is 1. The molecule has 23 heavy (non-hydrogen) atoms. The molecule has 1 spiro atoms. The summed E-state index contributed by atoms with van der Waals surface area (Å²) >= 11 is 0. The number of nitrogens with one attached hydrogen (secondary N) is 1. The van der Waals surface area contributed by atoms with Crippen molar-refractivity contribution in [2.45, 2.75) is 44.7 Å². The number of nitrogens with zero attached hydrogens (tertiary/aromatic N) is 2. The molecular formula is C17H23N3O3. The first-order valence-corrected chi connectivity index (χ1v) is 8.53. The van der Waals surface area contributed by atoms with Crippen LogP contribution in [0.4, 0.5) is 0 Å². The lowest BCUT2D eigenvalue weighted by Gasteiger charge is -2.46. The highest BCUT2D eigenvalue weighted by molar-refractivity contribution is 5.96. The Morgan fingerprint density at radius 2 is 2.26 bits per heavy atom. The average Bonchev–Trinajstić information content (AvgIpc) is 3.25. The summed E-state index contributed by atoms with van der Waals surface area (Å²) < 4.78 is 7.38. The van der Waals surface area contributed by atoms with Crippen LogP contribution in [0.5, 0.6) is 5.75 Å². The third-order valence-corrected chi connectivity index (χ3v) is 5.65. The number of hydrogen-bond donors (Lipinski definition) is 1. The highest BCUT2D eigenvalue weighted by Crippen LogP contribution is 2.59. The van der Waals surface area contributed by atoms with Crippen LogP contribution in [0.25, 0.3) is 0 Å². The maximum Gasteiger partial charge on any atom is 0.278 e. The SMILES string of the molecule is CCCCOc1c2n(ccc1=O)NC1(CC[C@@H]3CC31)N(C)C2=O. The second-order valence-electron chi connectivity index (χ2n) is 6.97. The molecule has 1 amide bonds. The zero-order chi connectivity index (χ0) is 16.2. The number of fused-ring (bicyclic) bond motifs is 3. The third kappa shape index (κ3) is 2.00. The van der Waals surface area contributed by atoms with Crippen molar-refractivity contribution >= 4 is 5.91 Å². The maximum atomic E-state index is 13.0. The minimum atomic E-state index is -0.301. The van der Waals surface area contributed by atoms with Gasteiger partial charge in [0.2, 0.25) is 5.43 Å². The van der Waals surface area contributed by atoms with Gasteiger partial charge >= 0.3 is 0 Å². The number of carbonyl (C=O) groups is 1. The van der Waals surface area contributed by atoms with Crippen LogP contribution in [-0.4, -0.2) is 34.8 Å². The topological polar surface area (TPSA) is 63.6 Å². The minimum absolute atomic E-state index is 0.125. The summed E-state index contributed by atoms with van der Waals surface area (Å²) in [6.45, 7) is 2.52. The number of rotatable bonds is 4. The van der Waals surface area contributed by atoms with Crippen molar-refractivity contribution in [3.05, 3.63) is 28.2 Å². The predicted molar refractivity (Wildman–Crippen MR) is 86.1 cm³/mol. The predicted octanol–water partition coefficient (Wildman–Crippen LogP) is 1.78. The number of pyridine rings is 1. The summed E-state index contributed by atoms with van der Waals surface area (Å²) in [4.78, 5) is 27.0. The van der Waals surface area contributed by atoms with E-state index in [0.717, 1.165) is 31.6 Å². The maximum absolute atomic E-state index is 13.0. The molecule has 4 rings (SSSR count). The molecule has 2 unspecified atom stereocenters. The molecule has 124 valence electrons. The molecule has 2 fully saturated rings. The second kappa shape index (κ2) is 5.01. The van der Waals surface area contributed by atoms with E-state index >= 15 is 0 Å². The zero-order valence-corrected chi connectivity index (χ0v) is 13.7. The quantitative estimate of drug-likeness (QED) is 0.860. The van der Waals surface area contributed by atoms with Crippen molar-refractivity contribution in [1.82, 2.24) is 9.58 Å². The van der Waals surface area contributed by atoms with Gasteiger partial charge in [-0.2, -0.15) is 0 Å². The van der Waals surface area contributed by atoms with Crippen LogP contribution in [0.15, 0.2) is 17.1 Å². The molecule has 6 nitrogen and oxygen atoms in total. The van der Waals surface area contributed by atoms with Gasteiger partial charge in [-0.25, -0.2) is 0 Å². The average molecular weight is 317 g/mol. The molecule has 1 aromatic rings. The van der Waals surface area contributed by atoms with Crippen LogP contribution in [0.1, 0.15) is 49.5 Å². The molecule has 2 aliphatic carbocycles. The van der Waals surface area contributed by atoms with Crippen molar-refractivity contribution < 1.29 is 9.53 Å². The first-order chi connectivity index (χ1) is 11.1. The van der Waals surface area contributed by atoms with Gasteiger partial charge in [-0.1, -0.05) is 13.3 Å². The van der Waals surface area contributed by atoms with Crippen LogP contribution in [0, 0.1) is 11.8 Å². The summed E-state index contributed by atoms with van der Waals surface area (Å²) in [5.41, 5.74) is 3.29. The van der Waals surface area contributed by atoms with E-state index in [-0.39, 0.29) is 22.7 Å². The van der Waals surface area contributed by atoms with Crippen molar-refractivity contribution in [2.24, 2.45) is 11.8 Å². The molecule has 6 heteroatoms. The molecule has 3 aliphatic rings. The Bertz CT molecular complexity index is 714. The number of unbranched alkanes of at least 4 members (excludes halogenated alkanes) is 1. The molecule has 0 aromatic carbocycles. The normalized spacial score (nSPS) is 30.9. The lowest BCUT2D eigenvalue weighted by Crippen LogP contribution is -2.63. The van der Waals surface area contributed by atoms with E-state index in [4.69, 9.17) is 4.74 Å². The molecule has 1 aromatic heterocycles. The van der Waals surface area contributed by atoms with Crippen LogP contribution in [-0.2, 0) is 0 Å². The first-order valence-electron chi connectivity index (χ1n) is 8.53. The molecule has 3 atom stereocenters. The van der Waals surface area contributed by atoms with Crippen molar-refractivity contribution in [2.75, 3.05) is 19.1 Å². The lowest BCUT2D eigenvalue weighted by atomic mass is 10.0. The van der Waals surface area contributed by atoms with Gasteiger partial charge in [-0.15, -0.1) is 0 Å². The van der Waals surface area contributed by atoms with Crippen LogP contribution >= 0.6 is 0 Å². The number of ether oxygens (including phenoxy) is 1. The second-order valence-corrected chi connectivity index (χ2v) is 6.97. The highest BCUT2D eigenvalue weighted by atomic mass is 16.5. The Labute approximate surface area is 135 Å². The molecule has 1 aliphatic heterocycles. The van der Waals surface area contributed by atoms with E-state index in [0.29, 0.717) is 18.2 Å². The van der Waals surface area contributed by atoms with Gasteiger partial charge in [-0.3, -0.25) is 14.3 Å². The molecule has 1 N–H and O–H groups in total. The van der Waals surface area contributed by atoms with Crippen molar-refractivity contribution in [1.29, 1.82) is 0 Å². The van der Waals surface area contributed by atoms with Gasteiger partial charge in [0.1, 0.15) is 5.66 Å². The Morgan fingerprint density at radius 3 is 2.91 bits per heavy atom. The van der Waals surface area contributed by atoms with Crippen molar-refractivity contribution in [3.8, 4) is 5.75 Å². The fourth-order valence-corrected chi connectivity index (χ4v) is 4.19. The Hall–Kier alpha value is -1.98. The standard InChI is InChI=1S/C17H23N3O3/c1-3-4-9-23-15-13(21)6-8-20-14(15)16(22)19(2)17(18-20)7-5-11-10-12(11)17/h6,8,11-12,18H,3-5,7,9-10H2,1-2H3/t11-,12?,17?/m1/s1. The fraction of sp³-hybridized carbons (Fsp3) is 0.647. The summed E-state index contributed by atoms with van der Waals surface area (Å²) in [7, 11) is 1.84. The number of carbonyl (C=O) groups excluding carboxylic acids is 1. The first kappa shape index (κ1) is 14.6. The highest BCUT2D eigenvalue weighted by Gasteiger charge is 2.63. The molecule has 2 heterocycles. The molecule has 2 saturated carbocycles. The molecule has 0 bridgehead atoms. The monoisotopic (exact) mass is 317 g/mol. The summed E-state index contributed by atoms with van der Waals surface area (Å²) in [5, 5.41) is 0. The van der Waals surface area contributed by atoms with E-state index in [2.05, 4.69) is 12.3 Å². The van der Waals surface area contributed by atoms with Gasteiger partial charge in [0.05, 0.1) is 6.61 Å². The summed E-state index contributed by atoms with van der Waals surface area (Å²) in [6.07, 6.45) is 6.80. The smallest absolute Gasteiger partial charge is 0.278 e. The molecule has 0 radical (unpaired) electrons. The van der Waals surface area contributed by atoms with Crippen molar-refractivity contribution in [3.63, 3.8) is 0 Å². The Balaban J connectivity index is 1.74. The van der Waals surface area contributed by atoms with E-state index in [1.165, 1.54) is 12.5 Å². The summed E-state index contributed by atoms with van der Waals surface area (Å²) in [6, 6.07) is 1.48.